The Bertz CT molecular complexity index is 1180. The van der Waals surface area contributed by atoms with E-state index in [-0.39, 0.29) is 5.56 Å². The first-order valence-corrected chi connectivity index (χ1v) is 11.6. The lowest BCUT2D eigenvalue weighted by atomic mass is 9.82. The highest BCUT2D eigenvalue weighted by Gasteiger charge is 2.37. The molecule has 164 valence electrons. The third-order valence-corrected chi connectivity index (χ3v) is 7.02. The van der Waals surface area contributed by atoms with E-state index in [9.17, 15) is 4.79 Å². The van der Waals surface area contributed by atoms with Gasteiger partial charge in [0.1, 0.15) is 12.3 Å². The molecule has 1 fully saturated rings. The highest BCUT2D eigenvalue weighted by atomic mass is 35.5. The van der Waals surface area contributed by atoms with Gasteiger partial charge in [-0.3, -0.25) is 4.79 Å². The van der Waals surface area contributed by atoms with Gasteiger partial charge in [-0.1, -0.05) is 29.8 Å². The van der Waals surface area contributed by atoms with Crippen LogP contribution in [0.3, 0.4) is 0 Å². The Morgan fingerprint density at radius 1 is 1.03 bits per heavy atom. The van der Waals surface area contributed by atoms with E-state index in [1.54, 1.807) is 12.0 Å². The molecule has 0 spiro atoms. The molecule has 0 radical (unpaired) electrons. The zero-order chi connectivity index (χ0) is 22.1. The molecule has 5 heteroatoms. The number of fused-ring (bicyclic) bond motifs is 4. The van der Waals surface area contributed by atoms with Crippen molar-refractivity contribution < 1.29 is 9.64 Å². The zero-order valence-electron chi connectivity index (χ0n) is 18.3. The summed E-state index contributed by atoms with van der Waals surface area (Å²) in [7, 11) is 1.70. The molecular formula is C27H28ClN2O2+. The lowest BCUT2D eigenvalue weighted by Crippen LogP contribution is -3.13. The molecule has 0 aliphatic carbocycles. The second-order valence-electron chi connectivity index (χ2n) is 9.00. The van der Waals surface area contributed by atoms with Crippen molar-refractivity contribution in [2.45, 2.75) is 25.4 Å². The fourth-order valence-corrected chi connectivity index (χ4v) is 5.38. The second kappa shape index (κ2) is 8.97. The molecule has 4 nitrogen and oxygen atoms in total. The number of likely N-dealkylation sites (tertiary alicyclic amines) is 1. The maximum absolute atomic E-state index is 13.2. The minimum atomic E-state index is 0.126. The number of halogens is 1. The maximum Gasteiger partial charge on any atom is 0.258 e. The van der Waals surface area contributed by atoms with Crippen molar-refractivity contribution >= 4 is 23.8 Å². The van der Waals surface area contributed by atoms with Crippen LogP contribution in [0.5, 0.6) is 5.75 Å². The van der Waals surface area contributed by atoms with Crippen molar-refractivity contribution in [3.8, 4) is 5.75 Å². The Balaban J connectivity index is 1.33. The van der Waals surface area contributed by atoms with Gasteiger partial charge in [-0.15, -0.1) is 0 Å². The minimum absolute atomic E-state index is 0.126. The van der Waals surface area contributed by atoms with Crippen LogP contribution in [0, 0.1) is 5.92 Å². The molecule has 3 aromatic rings. The number of benzene rings is 2. The Labute approximate surface area is 193 Å². The Morgan fingerprint density at radius 2 is 1.81 bits per heavy atom. The molecule has 1 unspecified atom stereocenters. The van der Waals surface area contributed by atoms with Gasteiger partial charge < -0.3 is 14.2 Å². The lowest BCUT2D eigenvalue weighted by Gasteiger charge is -2.40. The number of pyridine rings is 1. The molecule has 0 amide bonds. The van der Waals surface area contributed by atoms with E-state index < -0.39 is 0 Å². The monoisotopic (exact) mass is 447 g/mol. The summed E-state index contributed by atoms with van der Waals surface area (Å²) in [6.45, 7) is 4.02. The first kappa shape index (κ1) is 21.0. The lowest BCUT2D eigenvalue weighted by molar-refractivity contribution is -0.924. The molecule has 1 aromatic heterocycles. The zero-order valence-corrected chi connectivity index (χ0v) is 19.0. The molecule has 2 bridgehead atoms. The fraction of sp³-hybridized carbons (Fsp3) is 0.296. The van der Waals surface area contributed by atoms with E-state index in [0.29, 0.717) is 16.9 Å². The van der Waals surface area contributed by atoms with E-state index in [2.05, 4.69) is 18.2 Å². The van der Waals surface area contributed by atoms with Crippen LogP contribution < -0.4 is 15.2 Å². The van der Waals surface area contributed by atoms with Crippen LogP contribution >= 0.6 is 11.6 Å². The minimum Gasteiger partial charge on any atom is -0.497 e. The van der Waals surface area contributed by atoms with Crippen LogP contribution in [-0.2, 0) is 13.1 Å². The number of nitrogens with one attached hydrogen (secondary N) is 1. The van der Waals surface area contributed by atoms with Gasteiger partial charge in [0.15, 0.2) is 0 Å². The molecule has 1 N–H and O–H groups in total. The van der Waals surface area contributed by atoms with E-state index >= 15 is 0 Å². The summed E-state index contributed by atoms with van der Waals surface area (Å²) in [6.07, 6.45) is 5.08. The first-order valence-electron chi connectivity index (χ1n) is 11.2. The molecule has 2 aromatic carbocycles. The quantitative estimate of drug-likeness (QED) is 0.644. The topological polar surface area (TPSA) is 35.7 Å². The van der Waals surface area contributed by atoms with E-state index in [0.717, 1.165) is 43.1 Å². The van der Waals surface area contributed by atoms with Gasteiger partial charge in [0.05, 0.1) is 20.2 Å². The van der Waals surface area contributed by atoms with Crippen LogP contribution in [0.25, 0.3) is 12.2 Å². The van der Waals surface area contributed by atoms with Gasteiger partial charge >= 0.3 is 0 Å². The van der Waals surface area contributed by atoms with Crippen LogP contribution in [0.2, 0.25) is 5.02 Å². The molecule has 0 saturated carbocycles. The average Bonchev–Trinajstić information content (AvgIpc) is 2.80. The van der Waals surface area contributed by atoms with Gasteiger partial charge in [0, 0.05) is 40.2 Å². The molecular weight excluding hydrogens is 420 g/mol. The predicted octanol–water partition coefficient (Wildman–Crippen LogP) is 3.88. The van der Waals surface area contributed by atoms with Crippen molar-refractivity contribution in [2.24, 2.45) is 5.92 Å². The van der Waals surface area contributed by atoms with E-state index in [1.165, 1.54) is 17.7 Å². The SMILES string of the molecule is COc1ccc(C[NH+]2C[C@@H]3C[C@H](C2)c2ccc(/C=C/c4ccc(Cl)cc4)c(=O)n2C3)cc1. The highest BCUT2D eigenvalue weighted by molar-refractivity contribution is 6.30. The fourth-order valence-electron chi connectivity index (χ4n) is 5.25. The summed E-state index contributed by atoms with van der Waals surface area (Å²) in [5.74, 6) is 1.88. The predicted molar refractivity (Wildman–Crippen MR) is 129 cm³/mol. The van der Waals surface area contributed by atoms with Crippen molar-refractivity contribution in [1.29, 1.82) is 0 Å². The maximum atomic E-state index is 13.2. The molecule has 3 atom stereocenters. The van der Waals surface area contributed by atoms with Crippen LogP contribution in [0.4, 0.5) is 0 Å². The van der Waals surface area contributed by atoms with Crippen molar-refractivity contribution in [1.82, 2.24) is 4.57 Å². The molecule has 3 heterocycles. The molecule has 32 heavy (non-hydrogen) atoms. The Hall–Kier alpha value is -2.82. The number of hydrogen-bond acceptors (Lipinski definition) is 2. The number of ether oxygens (including phenoxy) is 1. The molecule has 2 aliphatic heterocycles. The highest BCUT2D eigenvalue weighted by Crippen LogP contribution is 2.30. The number of nitrogens with zero attached hydrogens (tertiary/aromatic N) is 1. The van der Waals surface area contributed by atoms with E-state index in [4.69, 9.17) is 16.3 Å². The largest absolute Gasteiger partial charge is 0.497 e. The summed E-state index contributed by atoms with van der Waals surface area (Å²) in [4.78, 5) is 14.8. The second-order valence-corrected chi connectivity index (χ2v) is 9.43. The third-order valence-electron chi connectivity index (χ3n) is 6.77. The number of rotatable bonds is 5. The van der Waals surface area contributed by atoms with Gasteiger partial charge in [0.25, 0.3) is 5.56 Å². The number of methoxy groups -OCH3 is 1. The third kappa shape index (κ3) is 4.38. The molecule has 1 saturated heterocycles. The summed E-state index contributed by atoms with van der Waals surface area (Å²) in [6, 6.07) is 20.2. The summed E-state index contributed by atoms with van der Waals surface area (Å²) in [5.41, 5.74) is 4.43. The van der Waals surface area contributed by atoms with E-state index in [1.807, 2.05) is 59.2 Å². The van der Waals surface area contributed by atoms with Crippen molar-refractivity contribution in [2.75, 3.05) is 20.2 Å². The van der Waals surface area contributed by atoms with Crippen LogP contribution in [0.15, 0.2) is 65.5 Å². The molecule has 2 aliphatic rings. The smallest absolute Gasteiger partial charge is 0.258 e. The average molecular weight is 448 g/mol. The van der Waals surface area contributed by atoms with Gasteiger partial charge in [-0.25, -0.2) is 0 Å². The number of piperidine rings is 1. The van der Waals surface area contributed by atoms with Gasteiger partial charge in [0.2, 0.25) is 0 Å². The van der Waals surface area contributed by atoms with Crippen LogP contribution in [0.1, 0.15) is 34.7 Å². The van der Waals surface area contributed by atoms with Crippen molar-refractivity contribution in [3.05, 3.63) is 98.4 Å². The normalized spacial score (nSPS) is 22.0. The van der Waals surface area contributed by atoms with Gasteiger partial charge in [-0.2, -0.15) is 0 Å². The Kier molecular flexibility index (Phi) is 5.90. The summed E-state index contributed by atoms with van der Waals surface area (Å²) >= 11 is 5.96. The Morgan fingerprint density at radius 3 is 2.56 bits per heavy atom. The molecule has 5 rings (SSSR count). The number of aromatic nitrogens is 1. The summed E-state index contributed by atoms with van der Waals surface area (Å²) in [5, 5.41) is 0.714. The van der Waals surface area contributed by atoms with Crippen molar-refractivity contribution in [3.63, 3.8) is 0 Å². The number of hydrogen-bond donors (Lipinski definition) is 1. The van der Waals surface area contributed by atoms with Gasteiger partial charge in [-0.05, 0) is 66.6 Å². The number of quaternary nitrogens is 1. The van der Waals surface area contributed by atoms with Crippen LogP contribution in [-0.4, -0.2) is 24.8 Å². The first-order chi connectivity index (χ1) is 15.6. The summed E-state index contributed by atoms with van der Waals surface area (Å²) < 4.78 is 7.31. The standard InChI is InChI=1S/C27H27ClN2O2/c1-32-25-11-5-20(6-12-25)15-29-16-21-14-23(18-29)26-13-8-22(27(31)30(26)17-21)7-2-19-3-9-24(28)10-4-19/h2-13,21,23H,14-18H2,1H3/p+1/b7-2+/t21-,23+/m0/s1.